The monoisotopic (exact) mass is 322 g/mol. The van der Waals surface area contributed by atoms with Gasteiger partial charge in [0, 0.05) is 24.2 Å². The standard InChI is InChI=1S/C17H22O6/c1-8-5-10-15(3,14(20)13(8)19)16(4)11(22-9(2)18)6-12(23-10)17(16)7-21-17/h5,10-12,14,20H,6-7H2,1-4H3/t10-,11-,12-,14-,15-,16-,17+/m1/s1. The van der Waals surface area contributed by atoms with Crippen LogP contribution in [0, 0.1) is 10.8 Å². The molecule has 2 heterocycles. The lowest BCUT2D eigenvalue weighted by atomic mass is 9.50. The van der Waals surface area contributed by atoms with Gasteiger partial charge >= 0.3 is 5.97 Å². The molecule has 2 bridgehead atoms. The molecular weight excluding hydrogens is 300 g/mol. The molecule has 2 saturated heterocycles. The van der Waals surface area contributed by atoms with Gasteiger partial charge in [-0.05, 0) is 18.6 Å². The van der Waals surface area contributed by atoms with E-state index in [0.29, 0.717) is 18.6 Å². The minimum atomic E-state index is -1.21. The lowest BCUT2D eigenvalue weighted by Gasteiger charge is -2.58. The molecule has 0 aromatic carbocycles. The van der Waals surface area contributed by atoms with E-state index in [2.05, 4.69) is 0 Å². The fourth-order valence-corrected chi connectivity index (χ4v) is 5.19. The maximum absolute atomic E-state index is 12.4. The Morgan fingerprint density at radius 1 is 1.43 bits per heavy atom. The van der Waals surface area contributed by atoms with Crippen molar-refractivity contribution in [3.63, 3.8) is 0 Å². The van der Waals surface area contributed by atoms with Crippen LogP contribution in [-0.4, -0.2) is 53.5 Å². The third-order valence-corrected chi connectivity index (χ3v) is 6.86. The first-order valence-corrected chi connectivity index (χ1v) is 8.06. The van der Waals surface area contributed by atoms with Gasteiger partial charge in [-0.15, -0.1) is 0 Å². The van der Waals surface area contributed by atoms with Crippen molar-refractivity contribution in [3.8, 4) is 0 Å². The molecule has 6 heteroatoms. The second-order valence-electron chi connectivity index (χ2n) is 7.66. The number of carbonyl (C=O) groups is 2. The fourth-order valence-electron chi connectivity index (χ4n) is 5.19. The van der Waals surface area contributed by atoms with Gasteiger partial charge in [-0.3, -0.25) is 9.59 Å². The van der Waals surface area contributed by atoms with E-state index < -0.39 is 34.7 Å². The van der Waals surface area contributed by atoms with E-state index in [-0.39, 0.29) is 17.9 Å². The summed E-state index contributed by atoms with van der Waals surface area (Å²) in [6.07, 6.45) is 0.0687. The molecule has 126 valence electrons. The Bertz CT molecular complexity index is 635. The van der Waals surface area contributed by atoms with E-state index >= 15 is 0 Å². The molecule has 1 saturated carbocycles. The predicted molar refractivity (Wildman–Crippen MR) is 78.5 cm³/mol. The fraction of sp³-hybridized carbons (Fsp3) is 0.765. The third kappa shape index (κ3) is 1.50. The van der Waals surface area contributed by atoms with Gasteiger partial charge in [0.05, 0.1) is 18.8 Å². The Morgan fingerprint density at radius 2 is 2.09 bits per heavy atom. The quantitative estimate of drug-likeness (QED) is 0.567. The molecule has 0 aromatic rings. The van der Waals surface area contributed by atoms with E-state index in [0.717, 1.165) is 0 Å². The van der Waals surface area contributed by atoms with Crippen molar-refractivity contribution in [2.75, 3.05) is 6.61 Å². The molecule has 0 unspecified atom stereocenters. The number of hydrogen-bond donors (Lipinski definition) is 1. The van der Waals surface area contributed by atoms with Crippen LogP contribution in [0.2, 0.25) is 0 Å². The topological polar surface area (TPSA) is 85.4 Å². The first-order valence-electron chi connectivity index (χ1n) is 8.06. The van der Waals surface area contributed by atoms with Gasteiger partial charge in [-0.2, -0.15) is 0 Å². The highest BCUT2D eigenvalue weighted by molar-refractivity contribution is 6.00. The Labute approximate surface area is 134 Å². The van der Waals surface area contributed by atoms with Crippen LogP contribution in [0.1, 0.15) is 34.1 Å². The van der Waals surface area contributed by atoms with Crippen molar-refractivity contribution >= 4 is 11.8 Å². The zero-order valence-corrected chi connectivity index (χ0v) is 13.8. The van der Waals surface area contributed by atoms with E-state index in [1.54, 1.807) is 13.0 Å². The number of epoxide rings is 1. The average molecular weight is 322 g/mol. The van der Waals surface area contributed by atoms with Crippen molar-refractivity contribution in [2.45, 2.75) is 64.1 Å². The maximum Gasteiger partial charge on any atom is 0.302 e. The van der Waals surface area contributed by atoms with Crippen molar-refractivity contribution in [3.05, 3.63) is 11.6 Å². The molecule has 2 aliphatic heterocycles. The number of aliphatic hydroxyl groups is 1. The first-order chi connectivity index (χ1) is 10.7. The zero-order chi connectivity index (χ0) is 16.8. The second-order valence-corrected chi connectivity index (χ2v) is 7.66. The van der Waals surface area contributed by atoms with Gasteiger partial charge in [0.2, 0.25) is 0 Å². The third-order valence-electron chi connectivity index (χ3n) is 6.86. The van der Waals surface area contributed by atoms with Crippen molar-refractivity contribution in [1.29, 1.82) is 0 Å². The van der Waals surface area contributed by atoms with Crippen molar-refractivity contribution in [2.24, 2.45) is 10.8 Å². The number of Topliss-reactive ketones (excluding diaryl/α,β-unsaturated/α-hetero) is 1. The summed E-state index contributed by atoms with van der Waals surface area (Å²) in [5, 5.41) is 10.8. The van der Waals surface area contributed by atoms with Crippen LogP contribution in [0.15, 0.2) is 11.6 Å². The summed E-state index contributed by atoms with van der Waals surface area (Å²) in [6.45, 7) is 7.39. The molecule has 0 aromatic heterocycles. The molecule has 1 N–H and O–H groups in total. The summed E-state index contributed by atoms with van der Waals surface area (Å²) in [7, 11) is 0. The Hall–Kier alpha value is -1.24. The first kappa shape index (κ1) is 15.3. The molecule has 0 amide bonds. The van der Waals surface area contributed by atoms with E-state index in [4.69, 9.17) is 14.2 Å². The van der Waals surface area contributed by atoms with Crippen LogP contribution in [0.3, 0.4) is 0 Å². The van der Waals surface area contributed by atoms with Crippen LogP contribution in [0.4, 0.5) is 0 Å². The summed E-state index contributed by atoms with van der Waals surface area (Å²) in [5.74, 6) is -0.667. The number of esters is 1. The van der Waals surface area contributed by atoms with Gasteiger partial charge in [-0.25, -0.2) is 0 Å². The number of ketones is 1. The smallest absolute Gasteiger partial charge is 0.302 e. The van der Waals surface area contributed by atoms with E-state index in [1.807, 2.05) is 13.8 Å². The number of rotatable bonds is 1. The molecule has 4 rings (SSSR count). The summed E-state index contributed by atoms with van der Waals surface area (Å²) in [4.78, 5) is 24.0. The van der Waals surface area contributed by atoms with Gasteiger partial charge < -0.3 is 19.3 Å². The summed E-state index contributed by atoms with van der Waals surface area (Å²) >= 11 is 0. The van der Waals surface area contributed by atoms with Crippen molar-refractivity contribution in [1.82, 2.24) is 0 Å². The molecular formula is C17H22O6. The van der Waals surface area contributed by atoms with Gasteiger partial charge in [-0.1, -0.05) is 13.8 Å². The minimum Gasteiger partial charge on any atom is -0.462 e. The van der Waals surface area contributed by atoms with Crippen LogP contribution >= 0.6 is 0 Å². The van der Waals surface area contributed by atoms with Gasteiger partial charge in [0.1, 0.15) is 17.8 Å². The van der Waals surface area contributed by atoms with Gasteiger partial charge in [0.25, 0.3) is 0 Å². The normalized spacial score (nSPS) is 53.8. The molecule has 7 atom stereocenters. The number of carbonyl (C=O) groups excluding carboxylic acids is 2. The Morgan fingerprint density at radius 3 is 2.65 bits per heavy atom. The zero-order valence-electron chi connectivity index (χ0n) is 13.8. The van der Waals surface area contributed by atoms with E-state index in [1.165, 1.54) is 6.92 Å². The van der Waals surface area contributed by atoms with Crippen molar-refractivity contribution < 1.29 is 28.9 Å². The summed E-state index contributed by atoms with van der Waals surface area (Å²) < 4.78 is 17.6. The molecule has 2 aliphatic carbocycles. The molecule has 0 radical (unpaired) electrons. The Kier molecular flexibility index (Phi) is 2.82. The summed E-state index contributed by atoms with van der Waals surface area (Å²) in [5.41, 5.74) is -1.67. The second kappa shape index (κ2) is 4.23. The highest BCUT2D eigenvalue weighted by atomic mass is 16.6. The molecule has 6 nitrogen and oxygen atoms in total. The highest BCUT2D eigenvalue weighted by Gasteiger charge is 2.83. The van der Waals surface area contributed by atoms with Gasteiger partial charge in [0.15, 0.2) is 5.78 Å². The predicted octanol–water partition coefficient (Wildman–Crippen LogP) is 0.761. The van der Waals surface area contributed by atoms with Crippen LogP contribution in [-0.2, 0) is 23.8 Å². The summed E-state index contributed by atoms with van der Waals surface area (Å²) in [6, 6.07) is 0. The highest BCUT2D eigenvalue weighted by Crippen LogP contribution is 2.71. The number of aliphatic hydroxyl groups excluding tert-OH is 1. The number of fused-ring (bicyclic) bond motifs is 2. The van der Waals surface area contributed by atoms with Crippen LogP contribution in [0.25, 0.3) is 0 Å². The Balaban J connectivity index is 1.89. The minimum absolute atomic E-state index is 0.195. The molecule has 4 aliphatic rings. The number of hydrogen-bond acceptors (Lipinski definition) is 6. The van der Waals surface area contributed by atoms with E-state index in [9.17, 15) is 14.7 Å². The van der Waals surface area contributed by atoms with Crippen LogP contribution in [0.5, 0.6) is 0 Å². The number of ether oxygens (including phenoxy) is 3. The SMILES string of the molecule is CC(=O)O[C@@H]1C[C@H]2O[C@@H]3C=C(C)C(=O)[C@@H](O)[C@]3(C)[C@]1(C)[C@]21CO1. The molecule has 3 fully saturated rings. The van der Waals surface area contributed by atoms with Crippen LogP contribution < -0.4 is 0 Å². The lowest BCUT2D eigenvalue weighted by molar-refractivity contribution is -0.236. The molecule has 1 spiro atoms. The molecule has 23 heavy (non-hydrogen) atoms. The lowest BCUT2D eigenvalue weighted by Crippen LogP contribution is -2.69. The average Bonchev–Trinajstić information content (AvgIpc) is 3.24. The maximum atomic E-state index is 12.4. The largest absolute Gasteiger partial charge is 0.462 e.